The van der Waals surface area contributed by atoms with E-state index in [-0.39, 0.29) is 10.8 Å². The molecule has 0 bridgehead atoms. The number of nitrogens with one attached hydrogen (secondary N) is 1. The van der Waals surface area contributed by atoms with Gasteiger partial charge in [0.2, 0.25) is 10.0 Å². The lowest BCUT2D eigenvalue weighted by molar-refractivity contribution is 0.102. The molecule has 1 heterocycles. The van der Waals surface area contributed by atoms with Crippen molar-refractivity contribution in [3.63, 3.8) is 0 Å². The molecule has 2 aromatic carbocycles. The first-order valence-electron chi connectivity index (χ1n) is 9.38. The summed E-state index contributed by atoms with van der Waals surface area (Å²) in [5.74, 6) is -0.320. The van der Waals surface area contributed by atoms with Crippen molar-refractivity contribution in [1.82, 2.24) is 4.31 Å². The van der Waals surface area contributed by atoms with Gasteiger partial charge in [0.25, 0.3) is 5.91 Å². The second-order valence-corrected chi connectivity index (χ2v) is 9.45. The third-order valence-corrected chi connectivity index (χ3v) is 7.30. The van der Waals surface area contributed by atoms with Gasteiger partial charge in [-0.15, -0.1) is 0 Å². The zero-order valence-corrected chi connectivity index (χ0v) is 17.9. The molecule has 2 aromatic rings. The third-order valence-electron chi connectivity index (χ3n) is 5.36. The molecule has 0 aromatic heterocycles. The van der Waals surface area contributed by atoms with Crippen LogP contribution in [0.5, 0.6) is 0 Å². The van der Waals surface area contributed by atoms with Gasteiger partial charge in [-0.1, -0.05) is 6.07 Å². The minimum absolute atomic E-state index is 0.161. The molecule has 3 rings (SSSR count). The SMILES string of the molecule is CCN1CCc2ccc(NC(=O)c3cc(C)c(C)c(S(=O)(=O)N(C)C)c3)cc21. The Morgan fingerprint density at radius 1 is 1.18 bits per heavy atom. The maximum Gasteiger partial charge on any atom is 0.255 e. The van der Waals surface area contributed by atoms with E-state index >= 15 is 0 Å². The van der Waals surface area contributed by atoms with E-state index in [1.54, 1.807) is 13.0 Å². The highest BCUT2D eigenvalue weighted by atomic mass is 32.2. The second-order valence-electron chi connectivity index (χ2n) is 7.33. The molecule has 6 nitrogen and oxygen atoms in total. The summed E-state index contributed by atoms with van der Waals surface area (Å²) in [6.45, 7) is 7.60. The molecule has 0 spiro atoms. The van der Waals surface area contributed by atoms with E-state index in [1.807, 2.05) is 25.1 Å². The van der Waals surface area contributed by atoms with E-state index in [0.717, 1.165) is 35.1 Å². The molecule has 7 heteroatoms. The number of hydrogen-bond acceptors (Lipinski definition) is 4. The van der Waals surface area contributed by atoms with E-state index in [0.29, 0.717) is 16.8 Å². The summed E-state index contributed by atoms with van der Waals surface area (Å²) in [6, 6.07) is 9.11. The predicted octanol–water partition coefficient (Wildman–Crippen LogP) is 3.19. The molecule has 1 amide bonds. The van der Waals surface area contributed by atoms with Crippen LogP contribution in [0.15, 0.2) is 35.2 Å². The fourth-order valence-electron chi connectivity index (χ4n) is 3.48. The lowest BCUT2D eigenvalue weighted by atomic mass is 10.1. The molecule has 0 radical (unpaired) electrons. The van der Waals surface area contributed by atoms with Crippen LogP contribution in [-0.2, 0) is 16.4 Å². The van der Waals surface area contributed by atoms with Crippen LogP contribution in [0.3, 0.4) is 0 Å². The number of likely N-dealkylation sites (N-methyl/N-ethyl adjacent to an activating group) is 1. The Labute approximate surface area is 167 Å². The average Bonchev–Trinajstić information content (AvgIpc) is 3.05. The number of benzene rings is 2. The number of hydrogen-bond donors (Lipinski definition) is 1. The summed E-state index contributed by atoms with van der Waals surface area (Å²) in [5, 5.41) is 2.91. The van der Waals surface area contributed by atoms with Crippen molar-refractivity contribution < 1.29 is 13.2 Å². The molecule has 0 saturated carbocycles. The van der Waals surface area contributed by atoms with E-state index in [2.05, 4.69) is 17.1 Å². The highest BCUT2D eigenvalue weighted by Gasteiger charge is 2.23. The van der Waals surface area contributed by atoms with Gasteiger partial charge in [0.1, 0.15) is 0 Å². The molecule has 28 heavy (non-hydrogen) atoms. The monoisotopic (exact) mass is 401 g/mol. The van der Waals surface area contributed by atoms with Gasteiger partial charge in [0.15, 0.2) is 0 Å². The Balaban J connectivity index is 1.93. The summed E-state index contributed by atoms with van der Waals surface area (Å²) in [7, 11) is -0.657. The molecule has 1 aliphatic heterocycles. The van der Waals surface area contributed by atoms with E-state index in [9.17, 15) is 13.2 Å². The van der Waals surface area contributed by atoms with Crippen molar-refractivity contribution in [3.8, 4) is 0 Å². The Morgan fingerprint density at radius 3 is 2.54 bits per heavy atom. The minimum atomic E-state index is -3.63. The first-order valence-corrected chi connectivity index (χ1v) is 10.8. The fraction of sp³-hybridized carbons (Fsp3) is 0.381. The number of nitrogens with zero attached hydrogens (tertiary/aromatic N) is 2. The number of fused-ring (bicyclic) bond motifs is 1. The normalized spacial score (nSPS) is 13.7. The van der Waals surface area contributed by atoms with Crippen LogP contribution in [0, 0.1) is 13.8 Å². The summed E-state index contributed by atoms with van der Waals surface area (Å²) < 4.78 is 26.4. The van der Waals surface area contributed by atoms with Gasteiger partial charge in [-0.2, -0.15) is 0 Å². The number of carbonyl (C=O) groups is 1. The van der Waals surface area contributed by atoms with Crippen LogP contribution in [0.25, 0.3) is 0 Å². The van der Waals surface area contributed by atoms with Crippen molar-refractivity contribution in [1.29, 1.82) is 0 Å². The van der Waals surface area contributed by atoms with E-state index < -0.39 is 10.0 Å². The molecule has 0 unspecified atom stereocenters. The van der Waals surface area contributed by atoms with E-state index in [1.165, 1.54) is 25.7 Å². The Hall–Kier alpha value is -2.38. The Bertz CT molecular complexity index is 1030. The maximum absolute atomic E-state index is 12.8. The van der Waals surface area contributed by atoms with Crippen molar-refractivity contribution in [2.24, 2.45) is 0 Å². The van der Waals surface area contributed by atoms with Crippen LogP contribution < -0.4 is 10.2 Å². The van der Waals surface area contributed by atoms with Crippen LogP contribution in [0.1, 0.15) is 34.0 Å². The predicted molar refractivity (Wildman–Crippen MR) is 113 cm³/mol. The number of rotatable bonds is 5. The first kappa shape index (κ1) is 20.4. The van der Waals surface area contributed by atoms with Gasteiger partial charge in [0.05, 0.1) is 4.90 Å². The molecule has 1 N–H and O–H groups in total. The fourth-order valence-corrected chi connectivity index (χ4v) is 4.69. The van der Waals surface area contributed by atoms with Crippen molar-refractivity contribution >= 4 is 27.3 Å². The Kier molecular flexibility index (Phi) is 5.50. The third kappa shape index (κ3) is 3.64. The highest BCUT2D eigenvalue weighted by molar-refractivity contribution is 7.89. The van der Waals surface area contributed by atoms with Gasteiger partial charge >= 0.3 is 0 Å². The number of amides is 1. The highest BCUT2D eigenvalue weighted by Crippen LogP contribution is 2.31. The zero-order valence-electron chi connectivity index (χ0n) is 17.0. The lowest BCUT2D eigenvalue weighted by Crippen LogP contribution is -2.24. The van der Waals surface area contributed by atoms with Crippen molar-refractivity contribution in [3.05, 3.63) is 52.6 Å². The van der Waals surface area contributed by atoms with Crippen LogP contribution in [-0.4, -0.2) is 45.8 Å². The number of anilines is 2. The number of aryl methyl sites for hydroxylation is 1. The van der Waals surface area contributed by atoms with Crippen LogP contribution >= 0.6 is 0 Å². The molecule has 0 aliphatic carbocycles. The van der Waals surface area contributed by atoms with Crippen molar-refractivity contribution in [2.75, 3.05) is 37.4 Å². The molecule has 0 atom stereocenters. The zero-order chi connectivity index (χ0) is 20.6. The molecule has 0 saturated heterocycles. The average molecular weight is 402 g/mol. The molecule has 0 fully saturated rings. The molecule has 1 aliphatic rings. The number of sulfonamides is 1. The summed E-state index contributed by atoms with van der Waals surface area (Å²) in [4.78, 5) is 15.3. The van der Waals surface area contributed by atoms with Crippen LogP contribution in [0.4, 0.5) is 11.4 Å². The molecular formula is C21H27N3O3S. The van der Waals surface area contributed by atoms with Gasteiger partial charge in [-0.25, -0.2) is 12.7 Å². The summed E-state index contributed by atoms with van der Waals surface area (Å²) in [5.41, 5.74) is 4.89. The van der Waals surface area contributed by atoms with Crippen molar-refractivity contribution in [2.45, 2.75) is 32.1 Å². The summed E-state index contributed by atoms with van der Waals surface area (Å²) in [6.07, 6.45) is 1.01. The Morgan fingerprint density at radius 2 is 1.89 bits per heavy atom. The quantitative estimate of drug-likeness (QED) is 0.835. The standard InChI is InChI=1S/C21H27N3O3S/c1-6-24-10-9-16-7-8-18(13-19(16)24)22-21(25)17-11-14(2)15(3)20(12-17)28(26,27)23(4)5/h7-8,11-13H,6,9-10H2,1-5H3,(H,22,25). The largest absolute Gasteiger partial charge is 0.371 e. The smallest absolute Gasteiger partial charge is 0.255 e. The number of carbonyl (C=O) groups excluding carboxylic acids is 1. The maximum atomic E-state index is 12.8. The van der Waals surface area contributed by atoms with Gasteiger partial charge in [-0.05, 0) is 68.1 Å². The summed E-state index contributed by atoms with van der Waals surface area (Å²) >= 11 is 0. The minimum Gasteiger partial charge on any atom is -0.371 e. The molecular weight excluding hydrogens is 374 g/mol. The van der Waals surface area contributed by atoms with Gasteiger partial charge < -0.3 is 10.2 Å². The van der Waals surface area contributed by atoms with Crippen LogP contribution in [0.2, 0.25) is 0 Å². The second kappa shape index (κ2) is 7.56. The lowest BCUT2D eigenvalue weighted by Gasteiger charge is -2.18. The van der Waals surface area contributed by atoms with E-state index in [4.69, 9.17) is 0 Å². The first-order chi connectivity index (χ1) is 13.1. The topological polar surface area (TPSA) is 69.7 Å². The van der Waals surface area contributed by atoms with Gasteiger partial charge in [0, 0.05) is 44.1 Å². The van der Waals surface area contributed by atoms with Gasteiger partial charge in [-0.3, -0.25) is 4.79 Å². The molecule has 150 valence electrons.